The van der Waals surface area contributed by atoms with E-state index in [9.17, 15) is 5.11 Å². The van der Waals surface area contributed by atoms with E-state index in [1.54, 1.807) is 6.20 Å². The number of anilines is 2. The molecule has 0 aromatic carbocycles. The van der Waals surface area contributed by atoms with Crippen LogP contribution in [-0.4, -0.2) is 82.6 Å². The predicted molar refractivity (Wildman–Crippen MR) is 138 cm³/mol. The molecular weight excluding hydrogens is 484 g/mol. The quantitative estimate of drug-likeness (QED) is 0.624. The summed E-state index contributed by atoms with van der Waals surface area (Å²) in [7, 11) is 0. The molecule has 4 aliphatic rings. The first-order valence-electron chi connectivity index (χ1n) is 12.3. The first kappa shape index (κ1) is 23.6. The molecule has 4 aliphatic heterocycles. The molecule has 0 saturated carbocycles. The molecule has 3 fully saturated rings. The Morgan fingerprint density at radius 3 is 2.89 bits per heavy atom. The molecule has 3 atom stereocenters. The summed E-state index contributed by atoms with van der Waals surface area (Å²) >= 11 is 3.48. The third kappa shape index (κ3) is 4.25. The van der Waals surface area contributed by atoms with Crippen LogP contribution in [0.1, 0.15) is 25.5 Å². The number of fused-ring (bicyclic) bond motifs is 3. The van der Waals surface area contributed by atoms with Crippen molar-refractivity contribution in [3.8, 4) is 5.75 Å². The van der Waals surface area contributed by atoms with E-state index in [0.717, 1.165) is 77.9 Å². The summed E-state index contributed by atoms with van der Waals surface area (Å²) in [4.78, 5) is 19.7. The molecule has 3 N–H and O–H groups in total. The van der Waals surface area contributed by atoms with E-state index in [1.807, 2.05) is 24.0 Å². The fourth-order valence-electron chi connectivity index (χ4n) is 5.66. The fraction of sp³-hybridized carbons (Fsp3) is 0.625. The first-order chi connectivity index (χ1) is 17.1. The smallest absolute Gasteiger partial charge is 0.175 e. The number of rotatable bonds is 4. The van der Waals surface area contributed by atoms with Crippen LogP contribution in [0.4, 0.5) is 11.6 Å². The van der Waals surface area contributed by atoms with Crippen molar-refractivity contribution in [1.82, 2.24) is 15.0 Å². The number of thioether (sulfide) groups is 1. The second kappa shape index (κ2) is 9.59. The van der Waals surface area contributed by atoms with Gasteiger partial charge in [-0.05, 0) is 25.8 Å². The molecule has 35 heavy (non-hydrogen) atoms. The van der Waals surface area contributed by atoms with Crippen molar-refractivity contribution in [3.05, 3.63) is 24.2 Å². The highest BCUT2D eigenvalue weighted by molar-refractivity contribution is 7.99. The Morgan fingerprint density at radius 1 is 1.26 bits per heavy atom. The summed E-state index contributed by atoms with van der Waals surface area (Å²) in [5.41, 5.74) is 7.12. The Kier molecular flexibility index (Phi) is 6.46. The molecule has 188 valence electrons. The summed E-state index contributed by atoms with van der Waals surface area (Å²) in [6.07, 6.45) is 5.65. The van der Waals surface area contributed by atoms with E-state index in [2.05, 4.69) is 21.7 Å². The Bertz CT molecular complexity index is 1080. The van der Waals surface area contributed by atoms with Crippen LogP contribution < -0.4 is 20.3 Å². The van der Waals surface area contributed by atoms with Crippen LogP contribution in [-0.2, 0) is 11.3 Å². The third-order valence-electron chi connectivity index (χ3n) is 7.84. The molecule has 6 heterocycles. The number of hydrogen-bond acceptors (Lipinski definition) is 11. The lowest BCUT2D eigenvalue weighted by molar-refractivity contribution is 0.0973. The molecule has 0 aliphatic carbocycles. The molecule has 1 unspecified atom stereocenters. The van der Waals surface area contributed by atoms with Crippen LogP contribution in [0, 0.1) is 5.41 Å². The van der Waals surface area contributed by atoms with Gasteiger partial charge >= 0.3 is 0 Å². The highest BCUT2D eigenvalue weighted by atomic mass is 32.2. The van der Waals surface area contributed by atoms with Gasteiger partial charge in [-0.25, -0.2) is 15.0 Å². The van der Waals surface area contributed by atoms with Crippen molar-refractivity contribution >= 4 is 35.2 Å². The van der Waals surface area contributed by atoms with Crippen molar-refractivity contribution in [3.63, 3.8) is 0 Å². The maximum Gasteiger partial charge on any atom is 0.175 e. The van der Waals surface area contributed by atoms with Gasteiger partial charge in [-0.3, -0.25) is 0 Å². The number of aliphatic hydroxyl groups is 1. The predicted octanol–water partition coefficient (Wildman–Crippen LogP) is 2.16. The SMILES string of the molecule is C[C@@H]1OCC2(CCN(c3ncc(Sc4ccnc5c4OCC4CSCCN54)nc3CO)CC2)[C@@H]1N. The minimum absolute atomic E-state index is 0.0466. The number of piperidine rings is 1. The van der Waals surface area contributed by atoms with Crippen LogP contribution >= 0.6 is 23.5 Å². The number of aromatic nitrogens is 3. The zero-order valence-electron chi connectivity index (χ0n) is 19.9. The minimum Gasteiger partial charge on any atom is -0.486 e. The minimum atomic E-state index is -0.157. The first-order valence-corrected chi connectivity index (χ1v) is 14.3. The molecule has 6 rings (SSSR count). The number of pyridine rings is 1. The highest BCUT2D eigenvalue weighted by Crippen LogP contribution is 2.44. The maximum absolute atomic E-state index is 10.1. The van der Waals surface area contributed by atoms with E-state index in [4.69, 9.17) is 25.2 Å². The van der Waals surface area contributed by atoms with Crippen molar-refractivity contribution in [2.45, 2.75) is 54.5 Å². The highest BCUT2D eigenvalue weighted by Gasteiger charge is 2.47. The molecule has 2 aromatic heterocycles. The lowest BCUT2D eigenvalue weighted by Crippen LogP contribution is -2.51. The summed E-state index contributed by atoms with van der Waals surface area (Å²) < 4.78 is 12.0. The number of nitrogens with two attached hydrogens (primary N) is 1. The van der Waals surface area contributed by atoms with Crippen LogP contribution in [0.25, 0.3) is 0 Å². The molecule has 0 bridgehead atoms. The molecule has 2 aromatic rings. The van der Waals surface area contributed by atoms with Gasteiger partial charge in [0.25, 0.3) is 0 Å². The van der Waals surface area contributed by atoms with Gasteiger partial charge in [0, 0.05) is 48.8 Å². The zero-order valence-corrected chi connectivity index (χ0v) is 21.6. The maximum atomic E-state index is 10.1. The molecule has 3 saturated heterocycles. The monoisotopic (exact) mass is 516 g/mol. The third-order valence-corrected chi connectivity index (χ3v) is 9.88. The summed E-state index contributed by atoms with van der Waals surface area (Å²) in [5.74, 6) is 4.68. The van der Waals surface area contributed by atoms with E-state index >= 15 is 0 Å². The molecule has 9 nitrogen and oxygen atoms in total. The Balaban J connectivity index is 1.19. The lowest BCUT2D eigenvalue weighted by atomic mass is 9.73. The average molecular weight is 517 g/mol. The van der Waals surface area contributed by atoms with Gasteiger partial charge in [-0.1, -0.05) is 11.8 Å². The second-order valence-electron chi connectivity index (χ2n) is 9.82. The van der Waals surface area contributed by atoms with Crippen molar-refractivity contribution in [2.75, 3.05) is 54.2 Å². The Morgan fingerprint density at radius 2 is 2.11 bits per heavy atom. The van der Waals surface area contributed by atoms with Crippen molar-refractivity contribution in [1.29, 1.82) is 0 Å². The van der Waals surface area contributed by atoms with Gasteiger partial charge in [-0.2, -0.15) is 11.8 Å². The molecular formula is C24H32N6O3S2. The number of nitrogens with zero attached hydrogens (tertiary/aromatic N) is 5. The zero-order chi connectivity index (χ0) is 24.0. The van der Waals surface area contributed by atoms with E-state index < -0.39 is 0 Å². The van der Waals surface area contributed by atoms with Gasteiger partial charge in [-0.15, -0.1) is 0 Å². The van der Waals surface area contributed by atoms with Gasteiger partial charge < -0.3 is 30.1 Å². The number of ether oxygens (including phenoxy) is 2. The Labute approximate surface area is 214 Å². The second-order valence-corrected chi connectivity index (χ2v) is 12.0. The Hall–Kier alpha value is -1.79. The topological polar surface area (TPSA) is 110 Å². The summed E-state index contributed by atoms with van der Waals surface area (Å²) in [5, 5.41) is 10.9. The molecule has 0 radical (unpaired) electrons. The van der Waals surface area contributed by atoms with Crippen molar-refractivity contribution < 1.29 is 14.6 Å². The van der Waals surface area contributed by atoms with E-state index in [1.165, 1.54) is 11.8 Å². The van der Waals surface area contributed by atoms with Gasteiger partial charge in [0.2, 0.25) is 0 Å². The van der Waals surface area contributed by atoms with Gasteiger partial charge in [0.15, 0.2) is 17.4 Å². The normalized spacial score (nSPS) is 27.5. The molecule has 1 spiro atoms. The molecule has 0 amide bonds. The number of aliphatic hydroxyl groups excluding tert-OH is 1. The fourth-order valence-corrected chi connectivity index (χ4v) is 7.56. The molecule has 11 heteroatoms. The van der Waals surface area contributed by atoms with Crippen LogP contribution in [0.3, 0.4) is 0 Å². The van der Waals surface area contributed by atoms with Crippen molar-refractivity contribution in [2.24, 2.45) is 11.1 Å². The van der Waals surface area contributed by atoms with E-state index in [0.29, 0.717) is 18.3 Å². The largest absolute Gasteiger partial charge is 0.486 e. The summed E-state index contributed by atoms with van der Waals surface area (Å²) in [6, 6.07) is 2.42. The van der Waals surface area contributed by atoms with Gasteiger partial charge in [0.1, 0.15) is 17.3 Å². The van der Waals surface area contributed by atoms with Crippen LogP contribution in [0.2, 0.25) is 0 Å². The van der Waals surface area contributed by atoms with Gasteiger partial charge in [0.05, 0.1) is 36.5 Å². The lowest BCUT2D eigenvalue weighted by Gasteiger charge is -2.41. The standard InChI is InChI=1S/C24H32N6O3S2/c1-15-21(25)24(14-33-15)3-6-29(7-4-24)22-17(11-31)28-19(10-27-22)35-18-2-5-26-23-20(18)32-12-16-13-34-9-8-30(16)23/h2,5,10,15-16,21,31H,3-4,6-9,11-14,25H2,1H3/t15-,16?,21+/m0/s1. The summed E-state index contributed by atoms with van der Waals surface area (Å²) in [6.45, 7) is 5.96. The van der Waals surface area contributed by atoms with Crippen LogP contribution in [0.15, 0.2) is 28.4 Å². The number of hydrogen-bond donors (Lipinski definition) is 2. The van der Waals surface area contributed by atoms with E-state index in [-0.39, 0.29) is 24.2 Å². The van der Waals surface area contributed by atoms with Crippen LogP contribution in [0.5, 0.6) is 5.75 Å². The average Bonchev–Trinajstić information content (AvgIpc) is 3.17.